The Labute approximate surface area is 172 Å². The topological polar surface area (TPSA) is 59.4 Å². The molecule has 0 radical (unpaired) electrons. The molecular weight excluding hydrogens is 376 g/mol. The van der Waals surface area contributed by atoms with Gasteiger partial charge in [0.15, 0.2) is 0 Å². The maximum absolute atomic E-state index is 13.5. The minimum absolute atomic E-state index is 0. The van der Waals surface area contributed by atoms with Gasteiger partial charge in [0, 0.05) is 25.5 Å². The summed E-state index contributed by atoms with van der Waals surface area (Å²) >= 11 is 0. The van der Waals surface area contributed by atoms with Gasteiger partial charge in [-0.2, -0.15) is 5.10 Å². The molecule has 1 aromatic heterocycles. The fourth-order valence-electron chi connectivity index (χ4n) is 4.51. The number of ether oxygens (including phenoxy) is 1. The van der Waals surface area contributed by atoms with Gasteiger partial charge in [-0.05, 0) is 68.5 Å². The number of methoxy groups -OCH3 is 1. The first kappa shape index (κ1) is 20.7. The van der Waals surface area contributed by atoms with Gasteiger partial charge in [-0.15, -0.1) is 12.4 Å². The Kier molecular flexibility index (Phi) is 6.62. The number of hydrogen-bond donors (Lipinski definition) is 1. The number of carbonyl (C=O) groups is 1. The summed E-state index contributed by atoms with van der Waals surface area (Å²) in [5.41, 5.74) is 0.780. The van der Waals surface area contributed by atoms with Crippen molar-refractivity contribution in [3.8, 4) is 5.75 Å². The first-order valence-electron chi connectivity index (χ1n) is 9.87. The van der Waals surface area contributed by atoms with Crippen LogP contribution in [0.5, 0.6) is 5.75 Å². The molecule has 0 aliphatic carbocycles. The first-order chi connectivity index (χ1) is 13.2. The van der Waals surface area contributed by atoms with Gasteiger partial charge in [0.05, 0.1) is 7.11 Å². The van der Waals surface area contributed by atoms with Gasteiger partial charge < -0.3 is 15.0 Å². The number of piperidine rings is 2. The van der Waals surface area contributed by atoms with Gasteiger partial charge in [0.2, 0.25) is 0 Å². The van der Waals surface area contributed by atoms with E-state index in [9.17, 15) is 4.79 Å². The van der Waals surface area contributed by atoms with Crippen molar-refractivity contribution in [2.45, 2.75) is 37.1 Å². The van der Waals surface area contributed by atoms with E-state index >= 15 is 0 Å². The van der Waals surface area contributed by atoms with Gasteiger partial charge in [0.25, 0.3) is 5.91 Å². The van der Waals surface area contributed by atoms with Crippen molar-refractivity contribution in [3.63, 3.8) is 0 Å². The van der Waals surface area contributed by atoms with E-state index in [1.807, 2.05) is 29.1 Å². The number of aromatic nitrogens is 2. The second-order valence-corrected chi connectivity index (χ2v) is 7.58. The summed E-state index contributed by atoms with van der Waals surface area (Å²) < 4.78 is 7.25. The average Bonchev–Trinajstić information content (AvgIpc) is 3.29. The lowest BCUT2D eigenvalue weighted by atomic mass is 9.84. The van der Waals surface area contributed by atoms with Crippen molar-refractivity contribution in [3.05, 3.63) is 48.3 Å². The molecule has 4 rings (SSSR count). The Balaban J connectivity index is 0.00000225. The Morgan fingerprint density at radius 2 is 1.96 bits per heavy atom. The van der Waals surface area contributed by atoms with Crippen LogP contribution in [0.3, 0.4) is 0 Å². The van der Waals surface area contributed by atoms with Gasteiger partial charge in [-0.25, -0.2) is 0 Å². The monoisotopic (exact) mass is 404 g/mol. The number of halogens is 1. The normalized spacial score (nSPS) is 19.7. The maximum atomic E-state index is 13.5. The fourth-order valence-corrected chi connectivity index (χ4v) is 4.51. The summed E-state index contributed by atoms with van der Waals surface area (Å²) in [7, 11) is 1.70. The zero-order valence-corrected chi connectivity index (χ0v) is 17.2. The van der Waals surface area contributed by atoms with E-state index in [0.29, 0.717) is 5.92 Å². The molecule has 7 heteroatoms. The van der Waals surface area contributed by atoms with Crippen molar-refractivity contribution in [1.82, 2.24) is 20.0 Å². The molecular formula is C21H29ClN4O2. The minimum Gasteiger partial charge on any atom is -0.497 e. The standard InChI is InChI=1S/C21H28N4O2.ClH/c1-27-19-5-2-4-18(16-19)17-6-14-24(15-7-17)20(26)21(8-11-22-12-9-21)25-13-3-10-23-25;/h2-5,10,13,16-17,22H,6-9,11-12,14-15H2,1H3;1H. The number of hydrogen-bond acceptors (Lipinski definition) is 4. The van der Waals surface area contributed by atoms with Gasteiger partial charge in [-0.3, -0.25) is 9.48 Å². The molecule has 152 valence electrons. The van der Waals surface area contributed by atoms with Crippen LogP contribution < -0.4 is 10.1 Å². The van der Waals surface area contributed by atoms with Crippen LogP contribution in [0.1, 0.15) is 37.2 Å². The quantitative estimate of drug-likeness (QED) is 0.851. The molecule has 2 fully saturated rings. The third kappa shape index (κ3) is 3.89. The van der Waals surface area contributed by atoms with Gasteiger partial charge in [-0.1, -0.05) is 12.1 Å². The highest BCUT2D eigenvalue weighted by Gasteiger charge is 2.45. The smallest absolute Gasteiger partial charge is 0.250 e. The molecule has 3 heterocycles. The van der Waals surface area contributed by atoms with Crippen molar-refractivity contribution >= 4 is 18.3 Å². The summed E-state index contributed by atoms with van der Waals surface area (Å²) in [6.45, 7) is 3.31. The molecule has 1 amide bonds. The lowest BCUT2D eigenvalue weighted by Crippen LogP contribution is -2.56. The van der Waals surface area contributed by atoms with Crippen LogP contribution in [-0.2, 0) is 10.3 Å². The molecule has 2 aliphatic heterocycles. The Hall–Kier alpha value is -2.05. The molecule has 0 spiro atoms. The predicted octanol–water partition coefficient (Wildman–Crippen LogP) is 2.80. The third-order valence-electron chi connectivity index (χ3n) is 6.12. The molecule has 28 heavy (non-hydrogen) atoms. The van der Waals surface area contributed by atoms with Gasteiger partial charge in [0.1, 0.15) is 11.3 Å². The maximum Gasteiger partial charge on any atom is 0.250 e. The van der Waals surface area contributed by atoms with Gasteiger partial charge >= 0.3 is 0 Å². The van der Waals surface area contributed by atoms with Crippen LogP contribution in [0.25, 0.3) is 0 Å². The molecule has 6 nitrogen and oxygen atoms in total. The molecule has 0 bridgehead atoms. The summed E-state index contributed by atoms with van der Waals surface area (Å²) in [6.07, 6.45) is 7.28. The second-order valence-electron chi connectivity index (χ2n) is 7.58. The Bertz CT molecular complexity index is 766. The number of nitrogens with zero attached hydrogens (tertiary/aromatic N) is 3. The number of likely N-dealkylation sites (tertiary alicyclic amines) is 1. The molecule has 1 aromatic carbocycles. The highest BCUT2D eigenvalue weighted by molar-refractivity contribution is 5.85. The van der Waals surface area contributed by atoms with E-state index in [1.54, 1.807) is 13.3 Å². The van der Waals surface area contributed by atoms with Crippen molar-refractivity contribution < 1.29 is 9.53 Å². The first-order valence-corrected chi connectivity index (χ1v) is 9.87. The SMILES string of the molecule is COc1cccc(C2CCN(C(=O)C3(n4cccn4)CCNCC3)CC2)c1.Cl. The van der Waals surface area contributed by atoms with Crippen LogP contribution in [0.4, 0.5) is 0 Å². The fraction of sp³-hybridized carbons (Fsp3) is 0.524. The van der Waals surface area contributed by atoms with Crippen LogP contribution in [-0.4, -0.2) is 53.9 Å². The predicted molar refractivity (Wildman–Crippen MR) is 111 cm³/mol. The molecule has 0 atom stereocenters. The number of amides is 1. The number of nitrogens with one attached hydrogen (secondary N) is 1. The number of carbonyl (C=O) groups excluding carboxylic acids is 1. The second kappa shape index (κ2) is 8.97. The Morgan fingerprint density at radius 3 is 2.61 bits per heavy atom. The highest BCUT2D eigenvalue weighted by Crippen LogP contribution is 2.34. The lowest BCUT2D eigenvalue weighted by Gasteiger charge is -2.42. The minimum atomic E-state index is -0.530. The van der Waals surface area contributed by atoms with Crippen LogP contribution in [0.15, 0.2) is 42.7 Å². The van der Waals surface area contributed by atoms with E-state index in [1.165, 1.54) is 5.56 Å². The molecule has 0 unspecified atom stereocenters. The average molecular weight is 405 g/mol. The zero-order chi connectivity index (χ0) is 18.7. The highest BCUT2D eigenvalue weighted by atomic mass is 35.5. The molecule has 2 saturated heterocycles. The van der Waals surface area contributed by atoms with Crippen LogP contribution >= 0.6 is 12.4 Å². The third-order valence-corrected chi connectivity index (χ3v) is 6.12. The lowest BCUT2D eigenvalue weighted by molar-refractivity contribution is -0.144. The van der Waals surface area contributed by atoms with E-state index in [0.717, 1.165) is 57.6 Å². The summed E-state index contributed by atoms with van der Waals surface area (Å²) in [5, 5.41) is 7.81. The molecule has 0 saturated carbocycles. The Morgan fingerprint density at radius 1 is 1.21 bits per heavy atom. The van der Waals surface area contributed by atoms with E-state index < -0.39 is 5.54 Å². The van der Waals surface area contributed by atoms with Crippen molar-refractivity contribution in [2.75, 3.05) is 33.3 Å². The van der Waals surface area contributed by atoms with E-state index in [2.05, 4.69) is 27.4 Å². The summed E-state index contributed by atoms with van der Waals surface area (Å²) in [6, 6.07) is 10.2. The van der Waals surface area contributed by atoms with Crippen molar-refractivity contribution in [2.24, 2.45) is 0 Å². The summed E-state index contributed by atoms with van der Waals surface area (Å²) in [4.78, 5) is 15.6. The molecule has 1 N–H and O–H groups in total. The molecule has 2 aromatic rings. The summed E-state index contributed by atoms with van der Waals surface area (Å²) in [5.74, 6) is 1.62. The van der Waals surface area contributed by atoms with E-state index in [4.69, 9.17) is 4.74 Å². The number of benzene rings is 1. The molecule has 2 aliphatic rings. The van der Waals surface area contributed by atoms with Crippen LogP contribution in [0, 0.1) is 0 Å². The van der Waals surface area contributed by atoms with Crippen LogP contribution in [0.2, 0.25) is 0 Å². The largest absolute Gasteiger partial charge is 0.497 e. The van der Waals surface area contributed by atoms with Crippen molar-refractivity contribution in [1.29, 1.82) is 0 Å². The van der Waals surface area contributed by atoms with E-state index in [-0.39, 0.29) is 18.3 Å². The zero-order valence-electron chi connectivity index (χ0n) is 16.3. The number of rotatable bonds is 4.